The van der Waals surface area contributed by atoms with Gasteiger partial charge >= 0.3 is 0 Å². The zero-order valence-corrected chi connectivity index (χ0v) is 15.8. The summed E-state index contributed by atoms with van der Waals surface area (Å²) in [4.78, 5) is 12.2. The molecule has 1 amide bonds. The van der Waals surface area contributed by atoms with Crippen LogP contribution < -0.4 is 11.1 Å². The summed E-state index contributed by atoms with van der Waals surface area (Å²) in [6, 6.07) is 6.95. The fraction of sp³-hybridized carbons (Fsp3) is 0.450. The van der Waals surface area contributed by atoms with E-state index in [9.17, 15) is 14.4 Å². The number of carbonyl (C=O) groups is 1. The molecule has 1 aromatic carbocycles. The second-order valence-corrected chi connectivity index (χ2v) is 6.91. The van der Waals surface area contributed by atoms with Crippen molar-refractivity contribution in [2.45, 2.75) is 31.9 Å². The number of amides is 1. The number of benzene rings is 1. The molecule has 0 aliphatic carbocycles. The van der Waals surface area contributed by atoms with Gasteiger partial charge in [0.05, 0.1) is 18.2 Å². The van der Waals surface area contributed by atoms with Gasteiger partial charge in [-0.1, -0.05) is 12.1 Å². The molecule has 148 valence electrons. The molecule has 7 nitrogen and oxygen atoms in total. The first-order valence-electron chi connectivity index (χ1n) is 9.35. The maximum Gasteiger partial charge on any atom is 0.252 e. The van der Waals surface area contributed by atoms with Gasteiger partial charge in [-0.25, -0.2) is 4.39 Å². The first-order chi connectivity index (χ1) is 13.5. The van der Waals surface area contributed by atoms with Crippen molar-refractivity contribution in [2.75, 3.05) is 19.7 Å². The standard InChI is InChI=1S/C20H24FN5O2/c1-2-26-12-16(11-25-26)14-4-5-15(18(21)9-14)8-17(10-22)20(19(23)27)13-24-6-3-7-28-20/h4-5,9,11-12,17,24H,2-3,6-8,13H2,1H3,(H2,23,27)/t17-,20?/m0/s1. The Balaban J connectivity index is 1.86. The lowest BCUT2D eigenvalue weighted by molar-refractivity contribution is -0.147. The van der Waals surface area contributed by atoms with Gasteiger partial charge in [0.25, 0.3) is 5.91 Å². The minimum Gasteiger partial charge on any atom is -0.367 e. The van der Waals surface area contributed by atoms with Crippen LogP contribution in [0.2, 0.25) is 0 Å². The minimum absolute atomic E-state index is 0.0292. The van der Waals surface area contributed by atoms with Crippen LogP contribution in [0.25, 0.3) is 11.1 Å². The van der Waals surface area contributed by atoms with Crippen LogP contribution in [0.15, 0.2) is 30.6 Å². The fourth-order valence-electron chi connectivity index (χ4n) is 3.44. The number of aromatic nitrogens is 2. The fourth-order valence-corrected chi connectivity index (χ4v) is 3.44. The van der Waals surface area contributed by atoms with Crippen molar-refractivity contribution in [1.29, 1.82) is 5.26 Å². The van der Waals surface area contributed by atoms with Crippen LogP contribution in [0.5, 0.6) is 0 Å². The first-order valence-corrected chi connectivity index (χ1v) is 9.35. The Kier molecular flexibility index (Phi) is 6.07. The topological polar surface area (TPSA) is 106 Å². The number of rotatable bonds is 6. The highest BCUT2D eigenvalue weighted by Crippen LogP contribution is 2.29. The quantitative estimate of drug-likeness (QED) is 0.786. The molecular weight excluding hydrogens is 361 g/mol. The molecule has 0 radical (unpaired) electrons. The number of nitrogens with one attached hydrogen (secondary N) is 1. The van der Waals surface area contributed by atoms with Gasteiger partial charge in [-0.3, -0.25) is 9.48 Å². The van der Waals surface area contributed by atoms with Gasteiger partial charge in [0, 0.05) is 31.5 Å². The van der Waals surface area contributed by atoms with Gasteiger partial charge in [0.2, 0.25) is 0 Å². The number of nitrogens with zero attached hydrogens (tertiary/aromatic N) is 3. The molecule has 0 saturated carbocycles. The highest BCUT2D eigenvalue weighted by Gasteiger charge is 2.46. The van der Waals surface area contributed by atoms with Crippen LogP contribution >= 0.6 is 0 Å². The van der Waals surface area contributed by atoms with Crippen molar-refractivity contribution >= 4 is 5.91 Å². The van der Waals surface area contributed by atoms with Crippen LogP contribution in [0, 0.1) is 23.1 Å². The maximum absolute atomic E-state index is 14.8. The second kappa shape index (κ2) is 8.50. The predicted molar refractivity (Wildman–Crippen MR) is 101 cm³/mol. The molecule has 3 rings (SSSR count). The van der Waals surface area contributed by atoms with Crippen molar-refractivity contribution in [1.82, 2.24) is 15.1 Å². The molecule has 2 heterocycles. The highest BCUT2D eigenvalue weighted by molar-refractivity contribution is 5.85. The van der Waals surface area contributed by atoms with Crippen LogP contribution in [-0.4, -0.2) is 41.0 Å². The van der Waals surface area contributed by atoms with E-state index >= 15 is 0 Å². The van der Waals surface area contributed by atoms with Crippen LogP contribution in [0.4, 0.5) is 4.39 Å². The molecule has 2 atom stereocenters. The lowest BCUT2D eigenvalue weighted by atomic mass is 9.82. The van der Waals surface area contributed by atoms with Gasteiger partial charge in [-0.05, 0) is 43.5 Å². The number of hydrogen-bond acceptors (Lipinski definition) is 5. The Morgan fingerprint density at radius 1 is 1.54 bits per heavy atom. The monoisotopic (exact) mass is 385 g/mol. The third-order valence-corrected chi connectivity index (χ3v) is 5.15. The van der Waals surface area contributed by atoms with E-state index in [2.05, 4.69) is 16.5 Å². The number of halogens is 1. The number of primary amides is 1. The van der Waals surface area contributed by atoms with E-state index in [0.29, 0.717) is 30.7 Å². The van der Waals surface area contributed by atoms with Crippen molar-refractivity contribution < 1.29 is 13.9 Å². The number of nitriles is 1. The zero-order valence-electron chi connectivity index (χ0n) is 15.8. The average Bonchev–Trinajstić information content (AvgIpc) is 3.03. The van der Waals surface area contributed by atoms with E-state index in [0.717, 1.165) is 12.1 Å². The molecule has 1 aliphatic heterocycles. The maximum atomic E-state index is 14.8. The average molecular weight is 385 g/mol. The van der Waals surface area contributed by atoms with Gasteiger partial charge in [0.15, 0.2) is 5.60 Å². The molecule has 0 bridgehead atoms. The second-order valence-electron chi connectivity index (χ2n) is 6.91. The highest BCUT2D eigenvalue weighted by atomic mass is 19.1. The summed E-state index contributed by atoms with van der Waals surface area (Å²) in [5.41, 5.74) is 5.98. The molecule has 1 aromatic heterocycles. The Bertz CT molecular complexity index is 881. The summed E-state index contributed by atoms with van der Waals surface area (Å²) in [5.74, 6) is -2.06. The molecule has 1 unspecified atom stereocenters. The van der Waals surface area contributed by atoms with Crippen LogP contribution in [-0.2, 0) is 22.5 Å². The van der Waals surface area contributed by atoms with Crippen molar-refractivity contribution in [3.8, 4) is 17.2 Å². The zero-order chi connectivity index (χ0) is 20.1. The van der Waals surface area contributed by atoms with E-state index < -0.39 is 23.2 Å². The molecule has 28 heavy (non-hydrogen) atoms. The predicted octanol–water partition coefficient (Wildman–Crippen LogP) is 1.63. The molecule has 1 aliphatic rings. The minimum atomic E-state index is -1.47. The third-order valence-electron chi connectivity index (χ3n) is 5.15. The Morgan fingerprint density at radius 3 is 3.00 bits per heavy atom. The SMILES string of the molecule is CCn1cc(-c2ccc(C[C@@H](C#N)C3(C(N)=O)CNCCCO3)c(F)c2)cn1. The van der Waals surface area contributed by atoms with Gasteiger partial charge in [0.1, 0.15) is 5.82 Å². The molecule has 0 spiro atoms. The van der Waals surface area contributed by atoms with E-state index in [4.69, 9.17) is 10.5 Å². The van der Waals surface area contributed by atoms with E-state index in [1.54, 1.807) is 23.0 Å². The van der Waals surface area contributed by atoms with Crippen molar-refractivity contribution in [3.63, 3.8) is 0 Å². The Morgan fingerprint density at radius 2 is 2.36 bits per heavy atom. The molecular formula is C20H24FN5O2. The normalized spacial score (nSPS) is 20.9. The summed E-state index contributed by atoms with van der Waals surface area (Å²) in [7, 11) is 0. The van der Waals surface area contributed by atoms with Gasteiger partial charge < -0.3 is 15.8 Å². The number of aryl methyl sites for hydroxylation is 1. The van der Waals surface area contributed by atoms with Crippen molar-refractivity contribution in [2.24, 2.45) is 11.7 Å². The number of carbonyl (C=O) groups excluding carboxylic acids is 1. The number of ether oxygens (including phenoxy) is 1. The number of hydrogen-bond donors (Lipinski definition) is 2. The summed E-state index contributed by atoms with van der Waals surface area (Å²) in [6.07, 6.45) is 4.27. The Labute approximate surface area is 163 Å². The molecule has 1 fully saturated rings. The summed E-state index contributed by atoms with van der Waals surface area (Å²) >= 11 is 0. The molecule has 1 saturated heterocycles. The van der Waals surface area contributed by atoms with Gasteiger partial charge in [-0.15, -0.1) is 0 Å². The van der Waals surface area contributed by atoms with E-state index in [1.165, 1.54) is 6.07 Å². The molecule has 2 aromatic rings. The lowest BCUT2D eigenvalue weighted by Crippen LogP contribution is -2.57. The first kappa shape index (κ1) is 20.0. The smallest absolute Gasteiger partial charge is 0.252 e. The summed E-state index contributed by atoms with van der Waals surface area (Å²) < 4.78 is 22.3. The number of nitrogens with two attached hydrogens (primary N) is 1. The third kappa shape index (κ3) is 3.91. The summed E-state index contributed by atoms with van der Waals surface area (Å²) in [6.45, 7) is 3.82. The Hall–Kier alpha value is -2.76. The lowest BCUT2D eigenvalue weighted by Gasteiger charge is -2.33. The van der Waals surface area contributed by atoms with Crippen LogP contribution in [0.3, 0.4) is 0 Å². The molecule has 8 heteroatoms. The largest absolute Gasteiger partial charge is 0.367 e. The molecule has 3 N–H and O–H groups in total. The van der Waals surface area contributed by atoms with E-state index in [-0.39, 0.29) is 13.0 Å². The van der Waals surface area contributed by atoms with Gasteiger partial charge in [-0.2, -0.15) is 10.4 Å². The van der Waals surface area contributed by atoms with Crippen molar-refractivity contribution in [3.05, 3.63) is 42.0 Å². The summed E-state index contributed by atoms with van der Waals surface area (Å²) in [5, 5.41) is 17.0. The van der Waals surface area contributed by atoms with E-state index in [1.807, 2.05) is 13.1 Å². The van der Waals surface area contributed by atoms with Crippen LogP contribution in [0.1, 0.15) is 18.9 Å².